The maximum atomic E-state index is 8.92. The third-order valence-electron chi connectivity index (χ3n) is 2.61. The van der Waals surface area contributed by atoms with Crippen molar-refractivity contribution in [1.82, 2.24) is 5.32 Å². The van der Waals surface area contributed by atoms with Crippen LogP contribution in [0.4, 0.5) is 0 Å². The van der Waals surface area contributed by atoms with Gasteiger partial charge in [-0.1, -0.05) is 41.9 Å². The maximum absolute atomic E-state index is 8.92. The van der Waals surface area contributed by atoms with E-state index in [1.54, 1.807) is 0 Å². The smallest absolute Gasteiger partial charge is 0.0436 e. The summed E-state index contributed by atoms with van der Waals surface area (Å²) in [6.07, 6.45) is 0.832. The van der Waals surface area contributed by atoms with Gasteiger partial charge in [-0.15, -0.1) is 0 Å². The van der Waals surface area contributed by atoms with Gasteiger partial charge in [0, 0.05) is 24.2 Å². The van der Waals surface area contributed by atoms with Crippen LogP contribution in [0.2, 0.25) is 0 Å². The third kappa shape index (κ3) is 5.10. The molecule has 1 rings (SSSR count). The number of halogens is 1. The van der Waals surface area contributed by atoms with Gasteiger partial charge >= 0.3 is 0 Å². The quantitative estimate of drug-likeness (QED) is 0.842. The van der Waals surface area contributed by atoms with Crippen LogP contribution in [0.25, 0.3) is 0 Å². The first-order valence-electron chi connectivity index (χ1n) is 5.59. The standard InChI is InChI=1S/C13H20BrNO/c1-13(2,6-7-16)10-15-9-11-4-3-5-12(14)8-11/h3-5,8,15-16H,6-7,9-10H2,1-2H3. The Balaban J connectivity index is 2.35. The Labute approximate surface area is 106 Å². The van der Waals surface area contributed by atoms with Gasteiger partial charge in [0.15, 0.2) is 0 Å². The molecule has 0 fully saturated rings. The molecular weight excluding hydrogens is 266 g/mol. The van der Waals surface area contributed by atoms with Crippen LogP contribution in [0.3, 0.4) is 0 Å². The molecule has 2 N–H and O–H groups in total. The molecular formula is C13H20BrNO. The van der Waals surface area contributed by atoms with Crippen LogP contribution in [-0.4, -0.2) is 18.3 Å². The summed E-state index contributed by atoms with van der Waals surface area (Å²) in [5, 5.41) is 12.3. The maximum Gasteiger partial charge on any atom is 0.0436 e. The number of aliphatic hydroxyl groups is 1. The van der Waals surface area contributed by atoms with Crippen molar-refractivity contribution < 1.29 is 5.11 Å². The first-order chi connectivity index (χ1) is 7.53. The summed E-state index contributed by atoms with van der Waals surface area (Å²) in [5.74, 6) is 0. The Morgan fingerprint density at radius 3 is 2.75 bits per heavy atom. The van der Waals surface area contributed by atoms with E-state index in [1.165, 1.54) is 5.56 Å². The van der Waals surface area contributed by atoms with E-state index in [0.717, 1.165) is 24.0 Å². The lowest BCUT2D eigenvalue weighted by Crippen LogP contribution is -2.29. The highest BCUT2D eigenvalue weighted by Gasteiger charge is 2.15. The Hall–Kier alpha value is -0.380. The van der Waals surface area contributed by atoms with E-state index in [0.29, 0.717) is 0 Å². The number of hydrogen-bond acceptors (Lipinski definition) is 2. The Morgan fingerprint density at radius 2 is 2.12 bits per heavy atom. The monoisotopic (exact) mass is 285 g/mol. The molecule has 0 saturated heterocycles. The van der Waals surface area contributed by atoms with Crippen LogP contribution in [-0.2, 0) is 6.54 Å². The summed E-state index contributed by atoms with van der Waals surface area (Å²) >= 11 is 3.46. The van der Waals surface area contributed by atoms with Gasteiger partial charge < -0.3 is 10.4 Å². The van der Waals surface area contributed by atoms with Crippen molar-refractivity contribution in [2.75, 3.05) is 13.2 Å². The van der Waals surface area contributed by atoms with Crippen LogP contribution in [0.5, 0.6) is 0 Å². The molecule has 90 valence electrons. The van der Waals surface area contributed by atoms with Gasteiger partial charge in [-0.25, -0.2) is 0 Å². The highest BCUT2D eigenvalue weighted by atomic mass is 79.9. The summed E-state index contributed by atoms with van der Waals surface area (Å²) in [7, 11) is 0. The minimum atomic E-state index is 0.154. The summed E-state index contributed by atoms with van der Waals surface area (Å²) in [6.45, 7) is 6.37. The number of nitrogens with one attached hydrogen (secondary N) is 1. The molecule has 16 heavy (non-hydrogen) atoms. The topological polar surface area (TPSA) is 32.3 Å². The zero-order valence-corrected chi connectivity index (χ0v) is 11.5. The summed E-state index contributed by atoms with van der Waals surface area (Å²) in [4.78, 5) is 0. The van der Waals surface area contributed by atoms with Crippen molar-refractivity contribution in [2.45, 2.75) is 26.8 Å². The summed E-state index contributed by atoms with van der Waals surface area (Å²) in [6, 6.07) is 8.29. The van der Waals surface area contributed by atoms with Gasteiger partial charge in [-0.2, -0.15) is 0 Å². The second-order valence-corrected chi connectivity index (χ2v) is 5.79. The highest BCUT2D eigenvalue weighted by Crippen LogP contribution is 2.18. The average Bonchev–Trinajstić information content (AvgIpc) is 2.17. The SMILES string of the molecule is CC(C)(CCO)CNCc1cccc(Br)c1. The molecule has 0 aliphatic rings. The largest absolute Gasteiger partial charge is 0.396 e. The molecule has 2 nitrogen and oxygen atoms in total. The molecule has 0 spiro atoms. The second-order valence-electron chi connectivity index (χ2n) is 4.87. The third-order valence-corrected chi connectivity index (χ3v) is 3.10. The lowest BCUT2D eigenvalue weighted by atomic mass is 9.90. The molecule has 3 heteroatoms. The number of hydrogen-bond donors (Lipinski definition) is 2. The van der Waals surface area contributed by atoms with E-state index >= 15 is 0 Å². The van der Waals surface area contributed by atoms with Gasteiger partial charge in [0.25, 0.3) is 0 Å². The first-order valence-corrected chi connectivity index (χ1v) is 6.39. The van der Waals surface area contributed by atoms with E-state index < -0.39 is 0 Å². The Bertz CT molecular complexity index is 325. The van der Waals surface area contributed by atoms with Crippen molar-refractivity contribution >= 4 is 15.9 Å². The van der Waals surface area contributed by atoms with Crippen LogP contribution in [0.1, 0.15) is 25.8 Å². The van der Waals surface area contributed by atoms with Gasteiger partial charge in [0.05, 0.1) is 0 Å². The number of aliphatic hydroxyl groups excluding tert-OH is 1. The van der Waals surface area contributed by atoms with Crippen LogP contribution in [0, 0.1) is 5.41 Å². The first kappa shape index (κ1) is 13.7. The molecule has 0 atom stereocenters. The fourth-order valence-corrected chi connectivity index (χ4v) is 2.03. The summed E-state index contributed by atoms with van der Waals surface area (Å²) in [5.41, 5.74) is 1.43. The molecule has 0 aliphatic carbocycles. The fraction of sp³-hybridized carbons (Fsp3) is 0.538. The average molecular weight is 286 g/mol. The van der Waals surface area contributed by atoms with E-state index in [9.17, 15) is 0 Å². The van der Waals surface area contributed by atoms with Crippen molar-refractivity contribution in [1.29, 1.82) is 0 Å². The van der Waals surface area contributed by atoms with Crippen LogP contribution < -0.4 is 5.32 Å². The fourth-order valence-electron chi connectivity index (χ4n) is 1.58. The van der Waals surface area contributed by atoms with Crippen LogP contribution >= 0.6 is 15.9 Å². The van der Waals surface area contributed by atoms with Crippen molar-refractivity contribution in [3.8, 4) is 0 Å². The van der Waals surface area contributed by atoms with E-state index in [1.807, 2.05) is 12.1 Å². The predicted octanol–water partition coefficient (Wildman–Crippen LogP) is 2.95. The minimum absolute atomic E-state index is 0.154. The number of benzene rings is 1. The molecule has 0 unspecified atom stereocenters. The lowest BCUT2D eigenvalue weighted by molar-refractivity contribution is 0.207. The molecule has 0 aromatic heterocycles. The van der Waals surface area contributed by atoms with Gasteiger partial charge in [0.2, 0.25) is 0 Å². The minimum Gasteiger partial charge on any atom is -0.396 e. The predicted molar refractivity (Wildman–Crippen MR) is 71.3 cm³/mol. The highest BCUT2D eigenvalue weighted by molar-refractivity contribution is 9.10. The Kier molecular flexibility index (Phi) is 5.46. The molecule has 0 amide bonds. The van der Waals surface area contributed by atoms with E-state index in [2.05, 4.69) is 47.2 Å². The Morgan fingerprint density at radius 1 is 1.38 bits per heavy atom. The molecule has 1 aromatic carbocycles. The molecule has 0 radical (unpaired) electrons. The lowest BCUT2D eigenvalue weighted by Gasteiger charge is -2.24. The number of rotatable bonds is 6. The zero-order valence-electron chi connectivity index (χ0n) is 9.96. The van der Waals surface area contributed by atoms with Crippen molar-refractivity contribution in [3.05, 3.63) is 34.3 Å². The molecule has 0 bridgehead atoms. The van der Waals surface area contributed by atoms with Crippen molar-refractivity contribution in [3.63, 3.8) is 0 Å². The van der Waals surface area contributed by atoms with Gasteiger partial charge in [0.1, 0.15) is 0 Å². The zero-order chi connectivity index (χ0) is 12.0. The molecule has 0 aliphatic heterocycles. The van der Waals surface area contributed by atoms with Gasteiger partial charge in [-0.3, -0.25) is 0 Å². The molecule has 0 heterocycles. The molecule has 1 aromatic rings. The normalized spacial score (nSPS) is 11.8. The summed E-state index contributed by atoms with van der Waals surface area (Å²) < 4.78 is 1.11. The van der Waals surface area contributed by atoms with Crippen LogP contribution in [0.15, 0.2) is 28.7 Å². The van der Waals surface area contributed by atoms with E-state index in [-0.39, 0.29) is 12.0 Å². The van der Waals surface area contributed by atoms with Gasteiger partial charge in [-0.05, 0) is 29.5 Å². The second kappa shape index (κ2) is 6.38. The van der Waals surface area contributed by atoms with Crippen molar-refractivity contribution in [2.24, 2.45) is 5.41 Å². The van der Waals surface area contributed by atoms with E-state index in [4.69, 9.17) is 5.11 Å². The molecule has 0 saturated carbocycles.